The molecule has 2 aromatic carbocycles. The fourth-order valence-electron chi connectivity index (χ4n) is 3.78. The highest BCUT2D eigenvalue weighted by Gasteiger charge is 2.16. The molecular formula is C26H35N3O3. The van der Waals surface area contributed by atoms with Gasteiger partial charge in [0.15, 0.2) is 0 Å². The summed E-state index contributed by atoms with van der Waals surface area (Å²) in [5.74, 6) is -0.0308. The van der Waals surface area contributed by atoms with Gasteiger partial charge in [-0.3, -0.25) is 4.79 Å². The fraction of sp³-hybridized carbons (Fsp3) is 0.462. The van der Waals surface area contributed by atoms with Crippen molar-refractivity contribution in [3.63, 3.8) is 0 Å². The van der Waals surface area contributed by atoms with Crippen LogP contribution < -0.4 is 10.2 Å². The minimum Gasteiger partial charge on any atom is -0.444 e. The lowest BCUT2D eigenvalue weighted by atomic mass is 10.1. The standard InChI is InChI=1S/C26H35N3O3/c1-26(2,3)32-25(31)27-18-20-8-12-22(13-9-20)24(30)28(4)19-21-10-14-23(15-11-21)29-16-6-5-7-17-29/h8-15H,5-7,16-19H2,1-4H3,(H,27,31). The molecule has 0 spiro atoms. The van der Waals surface area contributed by atoms with Gasteiger partial charge in [0.25, 0.3) is 5.91 Å². The number of amides is 2. The molecule has 0 bridgehead atoms. The number of hydrogen-bond acceptors (Lipinski definition) is 4. The number of alkyl carbamates (subject to hydrolysis) is 1. The van der Waals surface area contributed by atoms with E-state index < -0.39 is 11.7 Å². The van der Waals surface area contributed by atoms with Gasteiger partial charge in [0, 0.05) is 44.5 Å². The minimum atomic E-state index is -0.529. The lowest BCUT2D eigenvalue weighted by molar-refractivity contribution is 0.0523. The van der Waals surface area contributed by atoms with Crippen LogP contribution in [0.4, 0.5) is 10.5 Å². The summed E-state index contributed by atoms with van der Waals surface area (Å²) in [6.45, 7) is 8.64. The highest BCUT2D eigenvalue weighted by atomic mass is 16.6. The molecule has 6 heteroatoms. The molecular weight excluding hydrogens is 402 g/mol. The van der Waals surface area contributed by atoms with E-state index in [4.69, 9.17) is 4.74 Å². The second-order valence-electron chi connectivity index (χ2n) is 9.43. The van der Waals surface area contributed by atoms with E-state index in [9.17, 15) is 9.59 Å². The van der Waals surface area contributed by atoms with Gasteiger partial charge in [0.05, 0.1) is 0 Å². The zero-order valence-corrected chi connectivity index (χ0v) is 19.7. The lowest BCUT2D eigenvalue weighted by Gasteiger charge is -2.29. The Kier molecular flexibility index (Phi) is 7.78. The van der Waals surface area contributed by atoms with Gasteiger partial charge in [-0.2, -0.15) is 0 Å². The van der Waals surface area contributed by atoms with Crippen LogP contribution in [0.2, 0.25) is 0 Å². The highest BCUT2D eigenvalue weighted by molar-refractivity contribution is 5.94. The summed E-state index contributed by atoms with van der Waals surface area (Å²) in [5.41, 5.74) is 3.37. The second kappa shape index (κ2) is 10.5. The number of ether oxygens (including phenoxy) is 1. The maximum atomic E-state index is 12.8. The van der Waals surface area contributed by atoms with Crippen molar-refractivity contribution in [2.24, 2.45) is 0 Å². The molecule has 0 aromatic heterocycles. The third-order valence-corrected chi connectivity index (χ3v) is 5.46. The number of hydrogen-bond donors (Lipinski definition) is 1. The van der Waals surface area contributed by atoms with E-state index >= 15 is 0 Å². The van der Waals surface area contributed by atoms with Crippen molar-refractivity contribution in [2.75, 3.05) is 25.0 Å². The molecule has 32 heavy (non-hydrogen) atoms. The molecule has 1 fully saturated rings. The SMILES string of the molecule is CN(Cc1ccc(N2CCCCC2)cc1)C(=O)c1ccc(CNC(=O)OC(C)(C)C)cc1. The largest absolute Gasteiger partial charge is 0.444 e. The van der Waals surface area contributed by atoms with Gasteiger partial charge in [-0.1, -0.05) is 24.3 Å². The third kappa shape index (κ3) is 7.01. The molecule has 0 aliphatic carbocycles. The molecule has 1 aliphatic heterocycles. The molecule has 1 aliphatic rings. The Morgan fingerprint density at radius 3 is 2.12 bits per heavy atom. The van der Waals surface area contributed by atoms with Gasteiger partial charge in [-0.25, -0.2) is 4.79 Å². The van der Waals surface area contributed by atoms with Crippen LogP contribution in [0.3, 0.4) is 0 Å². The third-order valence-electron chi connectivity index (χ3n) is 5.46. The van der Waals surface area contributed by atoms with Gasteiger partial charge in [-0.15, -0.1) is 0 Å². The van der Waals surface area contributed by atoms with E-state index in [1.165, 1.54) is 24.9 Å². The maximum absolute atomic E-state index is 12.8. The Labute approximate surface area is 191 Å². The van der Waals surface area contributed by atoms with Crippen LogP contribution in [0.15, 0.2) is 48.5 Å². The average molecular weight is 438 g/mol. The van der Waals surface area contributed by atoms with Gasteiger partial charge in [0.2, 0.25) is 0 Å². The Morgan fingerprint density at radius 1 is 0.938 bits per heavy atom. The predicted molar refractivity (Wildman–Crippen MR) is 128 cm³/mol. The van der Waals surface area contributed by atoms with Gasteiger partial charge >= 0.3 is 6.09 Å². The van der Waals surface area contributed by atoms with E-state index in [1.807, 2.05) is 40.0 Å². The zero-order valence-electron chi connectivity index (χ0n) is 19.7. The lowest BCUT2D eigenvalue weighted by Crippen LogP contribution is -2.32. The van der Waals surface area contributed by atoms with Gasteiger partial charge < -0.3 is 19.9 Å². The van der Waals surface area contributed by atoms with Crippen LogP contribution in [-0.2, 0) is 17.8 Å². The fourth-order valence-corrected chi connectivity index (χ4v) is 3.78. The van der Waals surface area contributed by atoms with Crippen molar-refractivity contribution in [1.82, 2.24) is 10.2 Å². The maximum Gasteiger partial charge on any atom is 0.407 e. The topological polar surface area (TPSA) is 61.9 Å². The smallest absolute Gasteiger partial charge is 0.407 e. The predicted octanol–water partition coefficient (Wildman–Crippen LogP) is 4.97. The number of carbonyl (C=O) groups excluding carboxylic acids is 2. The molecule has 6 nitrogen and oxygen atoms in total. The zero-order chi connectivity index (χ0) is 23.1. The molecule has 172 valence electrons. The quantitative estimate of drug-likeness (QED) is 0.693. The molecule has 3 rings (SSSR count). The molecule has 0 unspecified atom stereocenters. The molecule has 2 aromatic rings. The number of nitrogens with one attached hydrogen (secondary N) is 1. The van der Waals surface area contributed by atoms with Gasteiger partial charge in [0.1, 0.15) is 5.60 Å². The first kappa shape index (κ1) is 23.6. The minimum absolute atomic E-state index is 0.0308. The van der Waals surface area contributed by atoms with E-state index in [2.05, 4.69) is 34.5 Å². The number of anilines is 1. The van der Waals surface area contributed by atoms with E-state index in [1.54, 1.807) is 17.0 Å². The van der Waals surface area contributed by atoms with Crippen LogP contribution in [0.1, 0.15) is 61.5 Å². The van der Waals surface area contributed by atoms with E-state index in [0.29, 0.717) is 18.7 Å². The van der Waals surface area contributed by atoms with Crippen LogP contribution in [0.5, 0.6) is 0 Å². The molecule has 0 radical (unpaired) electrons. The van der Waals surface area contributed by atoms with Crippen molar-refractivity contribution < 1.29 is 14.3 Å². The molecule has 0 atom stereocenters. The second-order valence-corrected chi connectivity index (χ2v) is 9.43. The molecule has 0 saturated carbocycles. The highest BCUT2D eigenvalue weighted by Crippen LogP contribution is 2.21. The van der Waals surface area contributed by atoms with Crippen LogP contribution in [-0.4, -0.2) is 42.6 Å². The summed E-state index contributed by atoms with van der Waals surface area (Å²) < 4.78 is 5.24. The van der Waals surface area contributed by atoms with Crippen LogP contribution in [0, 0.1) is 0 Å². The van der Waals surface area contributed by atoms with Crippen molar-refractivity contribution in [2.45, 2.75) is 58.7 Å². The van der Waals surface area contributed by atoms with Crippen LogP contribution >= 0.6 is 0 Å². The summed E-state index contributed by atoms with van der Waals surface area (Å²) in [6, 6.07) is 15.8. The summed E-state index contributed by atoms with van der Waals surface area (Å²) >= 11 is 0. The van der Waals surface area contributed by atoms with E-state index in [0.717, 1.165) is 24.2 Å². The number of nitrogens with zero attached hydrogens (tertiary/aromatic N) is 2. The first-order valence-corrected chi connectivity index (χ1v) is 11.4. The summed E-state index contributed by atoms with van der Waals surface area (Å²) in [5, 5.41) is 2.73. The Hall–Kier alpha value is -3.02. The monoisotopic (exact) mass is 437 g/mol. The van der Waals surface area contributed by atoms with Crippen molar-refractivity contribution >= 4 is 17.7 Å². The molecule has 1 heterocycles. The molecule has 1 saturated heterocycles. The summed E-state index contributed by atoms with van der Waals surface area (Å²) in [4.78, 5) is 28.8. The number of benzene rings is 2. The number of rotatable bonds is 6. The average Bonchev–Trinajstić information content (AvgIpc) is 2.77. The number of carbonyl (C=O) groups is 2. The molecule has 2 amide bonds. The van der Waals surface area contributed by atoms with Crippen LogP contribution in [0.25, 0.3) is 0 Å². The van der Waals surface area contributed by atoms with E-state index in [-0.39, 0.29) is 5.91 Å². The number of piperidine rings is 1. The Morgan fingerprint density at radius 2 is 1.53 bits per heavy atom. The molecule has 1 N–H and O–H groups in total. The first-order chi connectivity index (χ1) is 15.2. The Balaban J connectivity index is 1.51. The normalized spacial score (nSPS) is 14.1. The first-order valence-electron chi connectivity index (χ1n) is 11.4. The Bertz CT molecular complexity index is 895. The van der Waals surface area contributed by atoms with Crippen molar-refractivity contribution in [1.29, 1.82) is 0 Å². The van der Waals surface area contributed by atoms with Crippen molar-refractivity contribution in [3.05, 3.63) is 65.2 Å². The summed E-state index contributed by atoms with van der Waals surface area (Å²) in [7, 11) is 1.82. The van der Waals surface area contributed by atoms with Gasteiger partial charge in [-0.05, 0) is 75.4 Å². The summed E-state index contributed by atoms with van der Waals surface area (Å²) in [6.07, 6.45) is 3.38. The van der Waals surface area contributed by atoms with Crippen molar-refractivity contribution in [3.8, 4) is 0 Å².